The predicted octanol–water partition coefficient (Wildman–Crippen LogP) is 2.71. The SMILES string of the molecule is CC[C@@]1(O)C(=O)OCc2c1cc1n(c2=O)Cc2c-1nc1cc(F)cc3c1c2CCC3. The molecule has 0 unspecified atom stereocenters. The fourth-order valence-corrected chi connectivity index (χ4v) is 5.29. The summed E-state index contributed by atoms with van der Waals surface area (Å²) < 4.78 is 20.9. The summed E-state index contributed by atoms with van der Waals surface area (Å²) in [5.74, 6) is -1.06. The number of benzene rings is 1. The molecule has 1 atom stereocenters. The van der Waals surface area contributed by atoms with Crippen molar-refractivity contribution in [3.05, 3.63) is 62.2 Å². The highest BCUT2D eigenvalue weighted by Gasteiger charge is 2.45. The van der Waals surface area contributed by atoms with E-state index in [2.05, 4.69) is 0 Å². The number of fused-ring (bicyclic) bond motifs is 5. The fourth-order valence-electron chi connectivity index (χ4n) is 5.29. The second-order valence-corrected chi connectivity index (χ2v) is 8.33. The Bertz CT molecular complexity index is 1360. The van der Waals surface area contributed by atoms with Gasteiger partial charge in [0, 0.05) is 22.6 Å². The minimum absolute atomic E-state index is 0.0968. The van der Waals surface area contributed by atoms with Gasteiger partial charge in [-0.25, -0.2) is 14.2 Å². The Balaban J connectivity index is 1.68. The third-order valence-electron chi connectivity index (χ3n) is 6.82. The molecule has 152 valence electrons. The molecule has 1 N–H and O–H groups in total. The van der Waals surface area contributed by atoms with Crippen molar-refractivity contribution in [3.8, 4) is 11.4 Å². The Morgan fingerprint density at radius 1 is 1.20 bits per heavy atom. The number of cyclic esters (lactones) is 1. The Morgan fingerprint density at radius 2 is 2.03 bits per heavy atom. The third kappa shape index (κ3) is 2.08. The number of nitrogens with zero attached hydrogens (tertiary/aromatic N) is 2. The van der Waals surface area contributed by atoms with Crippen LogP contribution in [-0.4, -0.2) is 20.6 Å². The topological polar surface area (TPSA) is 81.4 Å². The first-order valence-electron chi connectivity index (χ1n) is 10.2. The van der Waals surface area contributed by atoms with E-state index in [0.29, 0.717) is 34.6 Å². The van der Waals surface area contributed by atoms with Crippen LogP contribution < -0.4 is 5.56 Å². The number of hydrogen-bond acceptors (Lipinski definition) is 5. The lowest BCUT2D eigenvalue weighted by molar-refractivity contribution is -0.172. The number of ether oxygens (including phenoxy) is 1. The third-order valence-corrected chi connectivity index (χ3v) is 6.82. The molecule has 0 saturated carbocycles. The standard InChI is InChI=1S/C23H19FN2O4/c1-2-23(29)16-8-18-20-14(9-26(18)21(27)15(16)10-30-22(23)28)13-5-3-4-11-6-12(24)7-17(25-20)19(11)13/h6-8,29H,2-5,9-10H2,1H3/t23-/m0/s1. The van der Waals surface area contributed by atoms with Crippen LogP contribution in [0.1, 0.15) is 47.6 Å². The van der Waals surface area contributed by atoms with Gasteiger partial charge >= 0.3 is 5.97 Å². The summed E-state index contributed by atoms with van der Waals surface area (Å²) in [5.41, 5.74) is 3.30. The molecule has 6 nitrogen and oxygen atoms in total. The van der Waals surface area contributed by atoms with E-state index >= 15 is 0 Å². The number of esters is 1. The number of rotatable bonds is 1. The van der Waals surface area contributed by atoms with Crippen molar-refractivity contribution >= 4 is 16.9 Å². The number of carbonyl (C=O) groups is 1. The van der Waals surface area contributed by atoms with E-state index in [1.807, 2.05) is 0 Å². The van der Waals surface area contributed by atoms with E-state index in [4.69, 9.17) is 9.72 Å². The highest BCUT2D eigenvalue weighted by atomic mass is 19.1. The van der Waals surface area contributed by atoms with Gasteiger partial charge in [0.25, 0.3) is 5.56 Å². The molecule has 3 aromatic rings. The quantitative estimate of drug-likeness (QED) is 0.492. The summed E-state index contributed by atoms with van der Waals surface area (Å²) in [6, 6.07) is 4.71. The number of halogens is 1. The van der Waals surface area contributed by atoms with E-state index in [1.165, 1.54) is 6.07 Å². The number of hydrogen-bond donors (Lipinski definition) is 1. The number of aryl methyl sites for hydroxylation is 2. The Labute approximate surface area is 170 Å². The number of carbonyl (C=O) groups excluding carboxylic acids is 1. The molecular weight excluding hydrogens is 387 g/mol. The maximum Gasteiger partial charge on any atom is 0.343 e. The molecule has 6 rings (SSSR count). The van der Waals surface area contributed by atoms with Gasteiger partial charge in [-0.2, -0.15) is 0 Å². The molecule has 0 bridgehead atoms. The van der Waals surface area contributed by atoms with Gasteiger partial charge in [-0.15, -0.1) is 0 Å². The molecule has 3 aliphatic rings. The Hall–Kier alpha value is -3.06. The largest absolute Gasteiger partial charge is 0.458 e. The van der Waals surface area contributed by atoms with Crippen molar-refractivity contribution in [3.63, 3.8) is 0 Å². The molecule has 1 aliphatic carbocycles. The molecule has 2 aromatic heterocycles. The molecule has 1 aromatic carbocycles. The molecule has 2 aliphatic heterocycles. The van der Waals surface area contributed by atoms with E-state index in [-0.39, 0.29) is 24.4 Å². The average Bonchev–Trinajstić information content (AvgIpc) is 3.10. The van der Waals surface area contributed by atoms with E-state index < -0.39 is 11.6 Å². The van der Waals surface area contributed by atoms with Gasteiger partial charge in [0.2, 0.25) is 0 Å². The van der Waals surface area contributed by atoms with Crippen LogP contribution >= 0.6 is 0 Å². The van der Waals surface area contributed by atoms with Gasteiger partial charge in [0.1, 0.15) is 12.4 Å². The van der Waals surface area contributed by atoms with Crippen molar-refractivity contribution in [2.45, 2.75) is 51.4 Å². The van der Waals surface area contributed by atoms with E-state index in [9.17, 15) is 19.1 Å². The van der Waals surface area contributed by atoms with Gasteiger partial charge in [0.15, 0.2) is 5.60 Å². The Kier molecular flexibility index (Phi) is 3.41. The monoisotopic (exact) mass is 406 g/mol. The van der Waals surface area contributed by atoms with Gasteiger partial charge in [-0.3, -0.25) is 4.79 Å². The second-order valence-electron chi connectivity index (χ2n) is 8.33. The lowest BCUT2D eigenvalue weighted by Crippen LogP contribution is -2.44. The van der Waals surface area contributed by atoms with Crippen LogP contribution in [0.25, 0.3) is 22.3 Å². The van der Waals surface area contributed by atoms with Crippen LogP contribution in [0.3, 0.4) is 0 Å². The first-order chi connectivity index (χ1) is 14.4. The smallest absolute Gasteiger partial charge is 0.343 e. The zero-order valence-corrected chi connectivity index (χ0v) is 16.4. The zero-order chi connectivity index (χ0) is 20.8. The molecule has 0 amide bonds. The van der Waals surface area contributed by atoms with Crippen molar-refractivity contribution < 1.29 is 19.0 Å². The Morgan fingerprint density at radius 3 is 2.83 bits per heavy atom. The van der Waals surface area contributed by atoms with Crippen LogP contribution in [0.2, 0.25) is 0 Å². The molecule has 0 spiro atoms. The van der Waals surface area contributed by atoms with E-state index in [0.717, 1.165) is 41.3 Å². The molecule has 30 heavy (non-hydrogen) atoms. The van der Waals surface area contributed by atoms with Gasteiger partial charge in [0.05, 0.1) is 29.0 Å². The van der Waals surface area contributed by atoms with Crippen LogP contribution in [0.5, 0.6) is 0 Å². The van der Waals surface area contributed by atoms with Gasteiger partial charge < -0.3 is 14.4 Å². The highest BCUT2D eigenvalue weighted by molar-refractivity contribution is 5.92. The maximum atomic E-state index is 14.2. The molecule has 0 fully saturated rings. The van der Waals surface area contributed by atoms with Gasteiger partial charge in [-0.05, 0) is 48.9 Å². The number of aliphatic hydroxyl groups is 1. The summed E-state index contributed by atoms with van der Waals surface area (Å²) in [4.78, 5) is 30.3. The summed E-state index contributed by atoms with van der Waals surface area (Å²) in [6.45, 7) is 1.91. The molecular formula is C23H19FN2O4. The van der Waals surface area contributed by atoms with Crippen molar-refractivity contribution in [2.24, 2.45) is 0 Å². The first-order valence-corrected chi connectivity index (χ1v) is 10.2. The molecule has 7 heteroatoms. The van der Waals surface area contributed by atoms with Crippen LogP contribution in [0.15, 0.2) is 23.0 Å². The fraction of sp³-hybridized carbons (Fsp3) is 0.348. The first kappa shape index (κ1) is 17.8. The maximum absolute atomic E-state index is 14.2. The molecule has 0 saturated heterocycles. The molecule has 4 heterocycles. The highest BCUT2D eigenvalue weighted by Crippen LogP contribution is 2.42. The zero-order valence-electron chi connectivity index (χ0n) is 16.4. The van der Waals surface area contributed by atoms with E-state index in [1.54, 1.807) is 23.6 Å². The number of aromatic nitrogens is 2. The summed E-state index contributed by atoms with van der Waals surface area (Å²) >= 11 is 0. The van der Waals surface area contributed by atoms with Crippen molar-refractivity contribution in [1.29, 1.82) is 0 Å². The normalized spacial score (nSPS) is 21.2. The number of pyridine rings is 2. The lowest BCUT2D eigenvalue weighted by Gasteiger charge is -2.31. The van der Waals surface area contributed by atoms with Crippen molar-refractivity contribution in [2.75, 3.05) is 0 Å². The predicted molar refractivity (Wildman–Crippen MR) is 107 cm³/mol. The minimum atomic E-state index is -1.85. The minimum Gasteiger partial charge on any atom is -0.458 e. The van der Waals surface area contributed by atoms with Crippen LogP contribution in [-0.2, 0) is 41.1 Å². The van der Waals surface area contributed by atoms with Crippen molar-refractivity contribution in [1.82, 2.24) is 9.55 Å². The second kappa shape index (κ2) is 5.76. The van der Waals surface area contributed by atoms with Crippen LogP contribution in [0, 0.1) is 5.82 Å². The summed E-state index contributed by atoms with van der Waals surface area (Å²) in [6.07, 6.45) is 2.68. The summed E-state index contributed by atoms with van der Waals surface area (Å²) in [5, 5.41) is 12.0. The lowest BCUT2D eigenvalue weighted by atomic mass is 9.85. The molecule has 0 radical (unpaired) electrons. The summed E-state index contributed by atoms with van der Waals surface area (Å²) in [7, 11) is 0. The average molecular weight is 406 g/mol. The van der Waals surface area contributed by atoms with Gasteiger partial charge in [-0.1, -0.05) is 6.92 Å². The van der Waals surface area contributed by atoms with Crippen LogP contribution in [0.4, 0.5) is 4.39 Å².